The van der Waals surface area contributed by atoms with Crippen LogP contribution in [0.5, 0.6) is 0 Å². The van der Waals surface area contributed by atoms with Crippen molar-refractivity contribution in [3.63, 3.8) is 0 Å². The highest BCUT2D eigenvalue weighted by Crippen LogP contribution is 2.08. The van der Waals surface area contributed by atoms with Crippen molar-refractivity contribution in [2.45, 2.75) is 26.0 Å². The lowest BCUT2D eigenvalue weighted by Crippen LogP contribution is -2.44. The van der Waals surface area contributed by atoms with Gasteiger partial charge in [0.2, 0.25) is 0 Å². The van der Waals surface area contributed by atoms with Crippen LogP contribution in [0, 0.1) is 0 Å². The van der Waals surface area contributed by atoms with Crippen LogP contribution >= 0.6 is 0 Å². The van der Waals surface area contributed by atoms with Gasteiger partial charge in [-0.05, 0) is 19.5 Å². The van der Waals surface area contributed by atoms with Gasteiger partial charge in [0.15, 0.2) is 0 Å². The number of ether oxygens (including phenoxy) is 1. The molecule has 5 heteroatoms. The van der Waals surface area contributed by atoms with Gasteiger partial charge in [0.25, 0.3) is 0 Å². The van der Waals surface area contributed by atoms with Crippen molar-refractivity contribution in [1.82, 2.24) is 20.0 Å². The summed E-state index contributed by atoms with van der Waals surface area (Å²) in [7, 11) is 4.15. The Balaban J connectivity index is 1.85. The van der Waals surface area contributed by atoms with E-state index in [0.717, 1.165) is 44.9 Å². The molecule has 1 atom stereocenters. The average Bonchev–Trinajstić information content (AvgIpc) is 2.71. The summed E-state index contributed by atoms with van der Waals surface area (Å²) in [5.74, 6) is 0. The quantitative estimate of drug-likeness (QED) is 0.824. The lowest BCUT2D eigenvalue weighted by molar-refractivity contribution is 0.00852. The molecule has 2 rings (SSSR count). The molecule has 0 aliphatic carbocycles. The van der Waals surface area contributed by atoms with Crippen LogP contribution in [0.3, 0.4) is 0 Å². The van der Waals surface area contributed by atoms with E-state index in [9.17, 15) is 0 Å². The number of morpholine rings is 1. The Kier molecular flexibility index (Phi) is 4.74. The highest BCUT2D eigenvalue weighted by atomic mass is 16.5. The van der Waals surface area contributed by atoms with Crippen molar-refractivity contribution < 1.29 is 4.74 Å². The summed E-state index contributed by atoms with van der Waals surface area (Å²) in [5, 5.41) is 7.83. The topological polar surface area (TPSA) is 42.3 Å². The standard InChI is InChI=1S/C13H24N4O/c1-4-11-7-12(17(3)15-11)9-16(2)10-13-8-14-5-6-18-13/h7,13-14H,4-6,8-10H2,1-3H3. The van der Waals surface area contributed by atoms with Crippen molar-refractivity contribution >= 4 is 0 Å². The maximum atomic E-state index is 5.72. The predicted octanol–water partition coefficient (Wildman–Crippen LogP) is 0.403. The minimum atomic E-state index is 0.308. The van der Waals surface area contributed by atoms with E-state index in [-0.39, 0.29) is 0 Å². The Morgan fingerprint density at radius 1 is 1.61 bits per heavy atom. The first kappa shape index (κ1) is 13.5. The molecule has 1 aliphatic heterocycles. The summed E-state index contributed by atoms with van der Waals surface area (Å²) >= 11 is 0. The van der Waals surface area contributed by atoms with Crippen LogP contribution in [0.2, 0.25) is 0 Å². The molecule has 5 nitrogen and oxygen atoms in total. The maximum absolute atomic E-state index is 5.72. The summed E-state index contributed by atoms with van der Waals surface area (Å²) in [5.41, 5.74) is 2.43. The van der Waals surface area contributed by atoms with Gasteiger partial charge in [-0.25, -0.2) is 0 Å². The number of nitrogens with zero attached hydrogens (tertiary/aromatic N) is 3. The highest BCUT2D eigenvalue weighted by molar-refractivity contribution is 5.10. The van der Waals surface area contributed by atoms with Crippen molar-refractivity contribution in [3.05, 3.63) is 17.5 Å². The van der Waals surface area contributed by atoms with Crippen LogP contribution in [0.15, 0.2) is 6.07 Å². The minimum absolute atomic E-state index is 0.308. The van der Waals surface area contributed by atoms with Gasteiger partial charge in [-0.15, -0.1) is 0 Å². The molecule has 1 aromatic rings. The molecule has 0 amide bonds. The first-order valence-electron chi connectivity index (χ1n) is 6.71. The van der Waals surface area contributed by atoms with Gasteiger partial charge in [-0.3, -0.25) is 9.58 Å². The second-order valence-electron chi connectivity index (χ2n) is 5.00. The van der Waals surface area contributed by atoms with Crippen LogP contribution in [-0.4, -0.2) is 54.1 Å². The Bertz CT molecular complexity index is 371. The molecule has 2 heterocycles. The number of hydrogen-bond acceptors (Lipinski definition) is 4. The molecule has 102 valence electrons. The fourth-order valence-corrected chi connectivity index (χ4v) is 2.32. The number of rotatable bonds is 5. The van der Waals surface area contributed by atoms with E-state index in [2.05, 4.69) is 35.4 Å². The van der Waals surface area contributed by atoms with Gasteiger partial charge >= 0.3 is 0 Å². The van der Waals surface area contributed by atoms with E-state index in [4.69, 9.17) is 4.74 Å². The minimum Gasteiger partial charge on any atom is -0.374 e. The number of likely N-dealkylation sites (N-methyl/N-ethyl adjacent to an activating group) is 1. The molecule has 0 aromatic carbocycles. The Hall–Kier alpha value is -0.910. The van der Waals surface area contributed by atoms with E-state index >= 15 is 0 Å². The number of aryl methyl sites for hydroxylation is 2. The second-order valence-corrected chi connectivity index (χ2v) is 5.00. The van der Waals surface area contributed by atoms with Crippen molar-refractivity contribution in [2.24, 2.45) is 7.05 Å². The van der Waals surface area contributed by atoms with E-state index in [0.29, 0.717) is 6.10 Å². The lowest BCUT2D eigenvalue weighted by atomic mass is 10.2. The van der Waals surface area contributed by atoms with Crippen LogP contribution in [0.25, 0.3) is 0 Å². The molecule has 0 bridgehead atoms. The van der Waals surface area contributed by atoms with Gasteiger partial charge in [0.1, 0.15) is 0 Å². The molecular formula is C13H24N4O. The van der Waals surface area contributed by atoms with E-state index in [1.165, 1.54) is 5.69 Å². The molecule has 0 spiro atoms. The van der Waals surface area contributed by atoms with Crippen LogP contribution in [0.1, 0.15) is 18.3 Å². The van der Waals surface area contributed by atoms with Gasteiger partial charge in [-0.1, -0.05) is 6.92 Å². The SMILES string of the molecule is CCc1cc(CN(C)CC2CNCCO2)n(C)n1. The van der Waals surface area contributed by atoms with Gasteiger partial charge in [0.05, 0.1) is 24.1 Å². The third-order valence-corrected chi connectivity index (χ3v) is 3.34. The molecule has 1 fully saturated rings. The molecule has 1 aromatic heterocycles. The summed E-state index contributed by atoms with van der Waals surface area (Å²) < 4.78 is 7.70. The molecular weight excluding hydrogens is 228 g/mol. The Labute approximate surface area is 109 Å². The smallest absolute Gasteiger partial charge is 0.0826 e. The Morgan fingerprint density at radius 2 is 2.44 bits per heavy atom. The van der Waals surface area contributed by atoms with Crippen LogP contribution in [-0.2, 0) is 24.8 Å². The monoisotopic (exact) mass is 252 g/mol. The Morgan fingerprint density at radius 3 is 3.06 bits per heavy atom. The average molecular weight is 252 g/mol. The summed E-state index contributed by atoms with van der Waals surface area (Å²) in [4.78, 5) is 2.30. The number of hydrogen-bond donors (Lipinski definition) is 1. The molecule has 1 saturated heterocycles. The highest BCUT2D eigenvalue weighted by Gasteiger charge is 2.16. The lowest BCUT2D eigenvalue weighted by Gasteiger charge is -2.27. The third-order valence-electron chi connectivity index (χ3n) is 3.34. The van der Waals surface area contributed by atoms with E-state index in [1.807, 2.05) is 11.7 Å². The molecule has 18 heavy (non-hydrogen) atoms. The van der Waals surface area contributed by atoms with Gasteiger partial charge in [0, 0.05) is 33.2 Å². The van der Waals surface area contributed by atoms with E-state index < -0.39 is 0 Å². The molecule has 1 unspecified atom stereocenters. The van der Waals surface area contributed by atoms with Gasteiger partial charge in [-0.2, -0.15) is 5.10 Å². The van der Waals surface area contributed by atoms with Crippen LogP contribution in [0.4, 0.5) is 0 Å². The zero-order valence-corrected chi connectivity index (χ0v) is 11.6. The summed E-state index contributed by atoms with van der Waals surface area (Å²) in [6, 6.07) is 2.19. The third kappa shape index (κ3) is 3.54. The zero-order valence-electron chi connectivity index (χ0n) is 11.6. The maximum Gasteiger partial charge on any atom is 0.0826 e. The molecule has 0 saturated carbocycles. The van der Waals surface area contributed by atoms with E-state index in [1.54, 1.807) is 0 Å². The molecule has 1 aliphatic rings. The first-order valence-corrected chi connectivity index (χ1v) is 6.71. The fourth-order valence-electron chi connectivity index (χ4n) is 2.32. The van der Waals surface area contributed by atoms with Crippen molar-refractivity contribution in [1.29, 1.82) is 0 Å². The second kappa shape index (κ2) is 6.31. The summed E-state index contributed by atoms with van der Waals surface area (Å²) in [6.45, 7) is 6.77. The van der Waals surface area contributed by atoms with Crippen LogP contribution < -0.4 is 5.32 Å². The largest absolute Gasteiger partial charge is 0.374 e. The fraction of sp³-hybridized carbons (Fsp3) is 0.769. The zero-order chi connectivity index (χ0) is 13.0. The van der Waals surface area contributed by atoms with Gasteiger partial charge < -0.3 is 10.1 Å². The molecule has 1 N–H and O–H groups in total. The van der Waals surface area contributed by atoms with Crippen molar-refractivity contribution in [3.8, 4) is 0 Å². The first-order chi connectivity index (χ1) is 8.69. The van der Waals surface area contributed by atoms with Crippen molar-refractivity contribution in [2.75, 3.05) is 33.3 Å². The number of nitrogens with one attached hydrogen (secondary N) is 1. The molecule has 0 radical (unpaired) electrons. The normalized spacial score (nSPS) is 20.6. The summed E-state index contributed by atoms with van der Waals surface area (Å²) in [6.07, 6.45) is 1.30. The predicted molar refractivity (Wildman–Crippen MR) is 71.5 cm³/mol. The number of aromatic nitrogens is 2.